The van der Waals surface area contributed by atoms with Gasteiger partial charge in [-0.2, -0.15) is 0 Å². The summed E-state index contributed by atoms with van der Waals surface area (Å²) < 4.78 is 5.02. The summed E-state index contributed by atoms with van der Waals surface area (Å²) in [5.41, 5.74) is 43.9. The van der Waals surface area contributed by atoms with Crippen molar-refractivity contribution in [2.24, 2.45) is 56.8 Å². The first-order valence-electron chi connectivity index (χ1n) is 22.8. The van der Waals surface area contributed by atoms with Crippen molar-refractivity contribution in [2.75, 3.05) is 39.3 Å². The number of carbonyl (C=O) groups excluding carboxylic acids is 4. The van der Waals surface area contributed by atoms with E-state index < -0.39 is 23.8 Å². The van der Waals surface area contributed by atoms with Crippen molar-refractivity contribution in [3.63, 3.8) is 0 Å². The molecule has 0 radical (unpaired) electrons. The predicted molar refractivity (Wildman–Crippen MR) is 254 cm³/mol. The Morgan fingerprint density at radius 3 is 1.51 bits per heavy atom. The monoisotopic (exact) mass is 876 g/mol. The van der Waals surface area contributed by atoms with Gasteiger partial charge in [-0.05, 0) is 151 Å². The molecule has 0 aliphatic heterocycles. The molecule has 20 N–H and O–H groups in total. The quantitative estimate of drug-likeness (QED) is 0.0306. The first-order valence-corrected chi connectivity index (χ1v) is 22.8. The van der Waals surface area contributed by atoms with E-state index in [1.54, 1.807) is 27.7 Å². The third-order valence-corrected chi connectivity index (χ3v) is 8.54. The van der Waals surface area contributed by atoms with Crippen LogP contribution in [0.4, 0.5) is 4.79 Å². The summed E-state index contributed by atoms with van der Waals surface area (Å²) in [7, 11) is 0. The van der Waals surface area contributed by atoms with Gasteiger partial charge >= 0.3 is 6.09 Å². The number of hydrogen-bond acceptors (Lipinski definition) is 13. The fourth-order valence-corrected chi connectivity index (χ4v) is 5.07. The molecule has 0 bridgehead atoms. The number of ether oxygens (including phenoxy) is 1. The number of nitrogens with zero attached hydrogens (tertiary/aromatic N) is 1. The zero-order valence-corrected chi connectivity index (χ0v) is 40.1. The van der Waals surface area contributed by atoms with Gasteiger partial charge in [0, 0.05) is 44.7 Å². The molecule has 4 amide bonds. The maximum Gasteiger partial charge on any atom is 0.414 e. The third kappa shape index (κ3) is 56.9. The van der Waals surface area contributed by atoms with Gasteiger partial charge in [-0.25, -0.2) is 4.79 Å². The Kier molecular flexibility index (Phi) is 46.0. The zero-order valence-electron chi connectivity index (χ0n) is 40.1. The van der Waals surface area contributed by atoms with Crippen molar-refractivity contribution in [2.45, 2.75) is 201 Å². The molecule has 0 saturated carbocycles. The normalized spacial score (nSPS) is 13.6. The van der Waals surface area contributed by atoms with Crippen LogP contribution < -0.4 is 67.1 Å². The number of hydrogen-bond donors (Lipinski definition) is 12. The zero-order chi connectivity index (χ0) is 47.6. The standard InChI is InChI=1S/C18H40N6O2.C11H24N4O2.C8H17NO.C6H16N2/c1-14(24-18(26)16(22)10-3-6-12-20)8-4-7-13-23-17(25)15(21)9-2-5-11-19;1-8(12)6-5-7-14-9(13)15-10(16)17-11(2,3)4;1-7(2)5-4-6-9-8(3)10;1-6(8)4-2-3-5-7/h14-16H,2-13,19-22H2,1H3,(H,23,25)(H,24,26);8H,5-7,12H2,1-4H3,(H3,13,14,15,16);7H,4-6H2,1-3H3,(H,9,10);6H,2-5,7-8H2,1H3. The molecule has 5 unspecified atom stereocenters. The molecule has 0 spiro atoms. The Morgan fingerprint density at radius 2 is 1.05 bits per heavy atom. The van der Waals surface area contributed by atoms with Crippen LogP contribution >= 0.6 is 0 Å². The minimum absolute atomic E-state index is 0.0669. The SMILES string of the molecule is CC(=O)NCCCC(C)C.CC(CCCCNC(=O)C(N)CCCCN)NC(=O)C(N)CCCCN.CC(N)CCCCN.CC(N)CCCN=C(N)NC(=O)OC(C)(C)C. The summed E-state index contributed by atoms with van der Waals surface area (Å²) in [5, 5.41) is 10.9. The molecular formula is C43H97N13O5. The van der Waals surface area contributed by atoms with Crippen molar-refractivity contribution < 1.29 is 23.9 Å². The van der Waals surface area contributed by atoms with Crippen LogP contribution in [0.3, 0.4) is 0 Å². The van der Waals surface area contributed by atoms with Crippen LogP contribution in [0.25, 0.3) is 0 Å². The van der Waals surface area contributed by atoms with Crippen molar-refractivity contribution in [3.05, 3.63) is 0 Å². The van der Waals surface area contributed by atoms with Gasteiger partial charge < -0.3 is 66.6 Å². The molecule has 0 aromatic heterocycles. The van der Waals surface area contributed by atoms with E-state index in [4.69, 9.17) is 50.6 Å². The number of aliphatic imine (C=N–C) groups is 1. The van der Waals surface area contributed by atoms with Crippen LogP contribution in [0.15, 0.2) is 4.99 Å². The average Bonchev–Trinajstić information content (AvgIpc) is 3.14. The van der Waals surface area contributed by atoms with E-state index in [2.05, 4.69) is 40.1 Å². The van der Waals surface area contributed by atoms with Gasteiger partial charge in [-0.1, -0.05) is 33.1 Å². The number of carbonyl (C=O) groups is 4. The molecule has 364 valence electrons. The smallest absolute Gasteiger partial charge is 0.414 e. The average molecular weight is 876 g/mol. The fourth-order valence-electron chi connectivity index (χ4n) is 5.07. The molecule has 0 aliphatic carbocycles. The van der Waals surface area contributed by atoms with Crippen molar-refractivity contribution in [3.8, 4) is 0 Å². The van der Waals surface area contributed by atoms with Gasteiger partial charge in [0.1, 0.15) is 5.60 Å². The summed E-state index contributed by atoms with van der Waals surface area (Å²) >= 11 is 0. The maximum atomic E-state index is 12.0. The summed E-state index contributed by atoms with van der Waals surface area (Å²) in [6.45, 7) is 21.2. The highest BCUT2D eigenvalue weighted by Crippen LogP contribution is 2.07. The lowest BCUT2D eigenvalue weighted by Gasteiger charge is -2.19. The largest absolute Gasteiger partial charge is 0.444 e. The molecule has 5 atom stereocenters. The molecule has 0 heterocycles. The minimum Gasteiger partial charge on any atom is -0.444 e. The first-order chi connectivity index (χ1) is 28.5. The summed E-state index contributed by atoms with van der Waals surface area (Å²) in [6, 6.07) is -0.353. The van der Waals surface area contributed by atoms with Crippen LogP contribution in [-0.2, 0) is 19.1 Å². The number of amides is 4. The van der Waals surface area contributed by atoms with E-state index in [0.717, 1.165) is 96.1 Å². The van der Waals surface area contributed by atoms with Crippen LogP contribution in [0.5, 0.6) is 0 Å². The number of guanidine groups is 1. The second-order valence-corrected chi connectivity index (χ2v) is 17.3. The predicted octanol–water partition coefficient (Wildman–Crippen LogP) is 2.66. The lowest BCUT2D eigenvalue weighted by molar-refractivity contribution is -0.123. The van der Waals surface area contributed by atoms with Crippen molar-refractivity contribution in [1.29, 1.82) is 0 Å². The second-order valence-electron chi connectivity index (χ2n) is 17.3. The lowest BCUT2D eigenvalue weighted by Crippen LogP contribution is -2.44. The van der Waals surface area contributed by atoms with Gasteiger partial charge in [-0.3, -0.25) is 24.7 Å². The summed E-state index contributed by atoms with van der Waals surface area (Å²) in [5.74, 6) is 0.680. The number of nitrogens with two attached hydrogens (primary N) is 8. The van der Waals surface area contributed by atoms with Gasteiger partial charge in [0.05, 0.1) is 12.1 Å². The number of unbranched alkanes of at least 4 members (excludes halogenated alkanes) is 4. The number of rotatable bonds is 28. The molecule has 0 saturated heterocycles. The highest BCUT2D eigenvalue weighted by molar-refractivity contribution is 5.93. The van der Waals surface area contributed by atoms with E-state index in [-0.39, 0.29) is 35.8 Å². The molecule has 61 heavy (non-hydrogen) atoms. The Labute approximate surface area is 371 Å². The Bertz CT molecular complexity index is 1090. The molecule has 0 aromatic carbocycles. The molecule has 0 aromatic rings. The second kappa shape index (κ2) is 43.5. The third-order valence-electron chi connectivity index (χ3n) is 8.54. The number of alkyl carbamates (subject to hydrolysis) is 1. The van der Waals surface area contributed by atoms with Crippen LogP contribution in [0.2, 0.25) is 0 Å². The van der Waals surface area contributed by atoms with Gasteiger partial charge in [0.15, 0.2) is 5.96 Å². The highest BCUT2D eigenvalue weighted by Gasteiger charge is 2.17. The summed E-state index contributed by atoms with van der Waals surface area (Å²) in [4.78, 5) is 49.4. The Morgan fingerprint density at radius 1 is 0.590 bits per heavy atom. The molecule has 0 rings (SSSR count). The molecule has 18 heteroatoms. The molecule has 18 nitrogen and oxygen atoms in total. The summed E-state index contributed by atoms with van der Waals surface area (Å²) in [6.07, 6.45) is 14.3. The first kappa shape index (κ1) is 64.5. The van der Waals surface area contributed by atoms with E-state index in [0.29, 0.717) is 45.1 Å². The minimum atomic E-state index is -0.592. The van der Waals surface area contributed by atoms with E-state index in [1.165, 1.54) is 12.8 Å². The van der Waals surface area contributed by atoms with Gasteiger partial charge in [-0.15, -0.1) is 0 Å². The Balaban J connectivity index is -0.000000395. The van der Waals surface area contributed by atoms with Crippen molar-refractivity contribution in [1.82, 2.24) is 21.3 Å². The van der Waals surface area contributed by atoms with Crippen LogP contribution in [-0.4, -0.2) is 105 Å². The highest BCUT2D eigenvalue weighted by atomic mass is 16.6. The van der Waals surface area contributed by atoms with E-state index >= 15 is 0 Å². The molecule has 0 aliphatic rings. The fraction of sp³-hybridized carbons (Fsp3) is 0.884. The van der Waals surface area contributed by atoms with E-state index in [9.17, 15) is 19.2 Å². The van der Waals surface area contributed by atoms with Gasteiger partial charge in [0.2, 0.25) is 17.7 Å². The van der Waals surface area contributed by atoms with Gasteiger partial charge in [0.25, 0.3) is 0 Å². The molecule has 0 fully saturated rings. The number of nitrogens with one attached hydrogen (secondary N) is 4. The Hall–Kier alpha value is -3.13. The van der Waals surface area contributed by atoms with Crippen LogP contribution in [0.1, 0.15) is 165 Å². The van der Waals surface area contributed by atoms with Crippen molar-refractivity contribution >= 4 is 29.8 Å². The van der Waals surface area contributed by atoms with Crippen LogP contribution in [0, 0.1) is 5.92 Å². The molecular weight excluding hydrogens is 779 g/mol. The topological polar surface area (TPSA) is 346 Å². The maximum absolute atomic E-state index is 12.0. The van der Waals surface area contributed by atoms with E-state index in [1.807, 2.05) is 20.8 Å². The lowest BCUT2D eigenvalue weighted by atomic mass is 10.1.